The molecule has 0 heterocycles. The smallest absolute Gasteiger partial charge is 0.220 e. The summed E-state index contributed by atoms with van der Waals surface area (Å²) in [5, 5.41) is 3.10. The molecule has 1 saturated carbocycles. The molecule has 3 unspecified atom stereocenters. The van der Waals surface area contributed by atoms with E-state index in [2.05, 4.69) is 26.1 Å². The highest BCUT2D eigenvalue weighted by molar-refractivity contribution is 5.76. The Hall–Kier alpha value is -0.610. The minimum atomic E-state index is 0.0365. The lowest BCUT2D eigenvalue weighted by molar-refractivity contribution is -0.133. The van der Waals surface area contributed by atoms with Gasteiger partial charge in [-0.1, -0.05) is 27.2 Å². The number of carbonyl (C=O) groups is 1. The molecule has 0 radical (unpaired) electrons. The van der Waals surface area contributed by atoms with Crippen LogP contribution in [0.4, 0.5) is 0 Å². The van der Waals surface area contributed by atoms with Crippen LogP contribution in [0.5, 0.6) is 0 Å². The van der Waals surface area contributed by atoms with Gasteiger partial charge in [0.15, 0.2) is 0 Å². The Bertz CT molecular complexity index is 262. The minimum Gasteiger partial charge on any atom is -0.381 e. The van der Waals surface area contributed by atoms with Crippen LogP contribution in [-0.2, 0) is 9.53 Å². The standard InChI is InChI=1S/C13H26N2O2/c1-5-9(8-14)6-12(16)15-10-7-11(17-4)13(10,2)3/h9-11H,5-8,14H2,1-4H3,(H,15,16). The molecule has 1 aliphatic rings. The zero-order valence-corrected chi connectivity index (χ0v) is 11.5. The zero-order chi connectivity index (χ0) is 13.1. The molecule has 0 aliphatic heterocycles. The van der Waals surface area contributed by atoms with Crippen LogP contribution in [0.15, 0.2) is 0 Å². The lowest BCUT2D eigenvalue weighted by Gasteiger charge is -2.51. The second-order valence-electron chi connectivity index (χ2n) is 5.62. The number of hydrogen-bond donors (Lipinski definition) is 2. The van der Waals surface area contributed by atoms with Crippen molar-refractivity contribution in [2.75, 3.05) is 13.7 Å². The summed E-state index contributed by atoms with van der Waals surface area (Å²) >= 11 is 0. The molecular formula is C13H26N2O2. The van der Waals surface area contributed by atoms with Crippen molar-refractivity contribution in [2.24, 2.45) is 17.1 Å². The van der Waals surface area contributed by atoms with Gasteiger partial charge in [-0.3, -0.25) is 4.79 Å². The van der Waals surface area contributed by atoms with Gasteiger partial charge in [0.1, 0.15) is 0 Å². The van der Waals surface area contributed by atoms with Gasteiger partial charge in [0.05, 0.1) is 6.10 Å². The van der Waals surface area contributed by atoms with Crippen LogP contribution in [0.3, 0.4) is 0 Å². The normalized spacial score (nSPS) is 28.3. The Labute approximate surface area is 104 Å². The van der Waals surface area contributed by atoms with Gasteiger partial charge in [-0.05, 0) is 18.9 Å². The van der Waals surface area contributed by atoms with Crippen LogP contribution in [0.1, 0.15) is 40.0 Å². The Kier molecular flexibility index (Phi) is 4.95. The molecular weight excluding hydrogens is 216 g/mol. The highest BCUT2D eigenvalue weighted by Crippen LogP contribution is 2.42. The van der Waals surface area contributed by atoms with Gasteiger partial charge in [-0.2, -0.15) is 0 Å². The van der Waals surface area contributed by atoms with E-state index in [-0.39, 0.29) is 23.5 Å². The number of ether oxygens (including phenoxy) is 1. The molecule has 3 atom stereocenters. The SMILES string of the molecule is CCC(CN)CC(=O)NC1CC(OC)C1(C)C. The molecule has 17 heavy (non-hydrogen) atoms. The third-order valence-corrected chi connectivity index (χ3v) is 4.18. The first kappa shape index (κ1) is 14.5. The second-order valence-corrected chi connectivity index (χ2v) is 5.62. The van der Waals surface area contributed by atoms with Gasteiger partial charge < -0.3 is 15.8 Å². The molecule has 4 heteroatoms. The van der Waals surface area contributed by atoms with E-state index in [1.54, 1.807) is 7.11 Å². The molecule has 1 aliphatic carbocycles. The number of nitrogens with two attached hydrogens (primary N) is 1. The van der Waals surface area contributed by atoms with E-state index < -0.39 is 0 Å². The lowest BCUT2D eigenvalue weighted by Crippen LogP contribution is -2.61. The highest BCUT2D eigenvalue weighted by Gasteiger charge is 2.49. The van der Waals surface area contributed by atoms with Crippen LogP contribution in [0.25, 0.3) is 0 Å². The maximum atomic E-state index is 11.8. The predicted octanol–water partition coefficient (Wildman–Crippen LogP) is 1.29. The fraction of sp³-hybridized carbons (Fsp3) is 0.923. The van der Waals surface area contributed by atoms with Crippen LogP contribution in [-0.4, -0.2) is 31.7 Å². The first-order valence-electron chi connectivity index (χ1n) is 6.47. The van der Waals surface area contributed by atoms with Crippen molar-refractivity contribution in [1.82, 2.24) is 5.32 Å². The lowest BCUT2D eigenvalue weighted by atomic mass is 9.64. The monoisotopic (exact) mass is 242 g/mol. The molecule has 1 fully saturated rings. The Balaban J connectivity index is 2.38. The maximum Gasteiger partial charge on any atom is 0.220 e. The van der Waals surface area contributed by atoms with E-state index in [9.17, 15) is 4.79 Å². The van der Waals surface area contributed by atoms with E-state index in [1.807, 2.05) is 0 Å². The summed E-state index contributed by atoms with van der Waals surface area (Å²) in [4.78, 5) is 11.8. The average molecular weight is 242 g/mol. The molecule has 1 rings (SSSR count). The number of carbonyl (C=O) groups excluding carboxylic acids is 1. The maximum absolute atomic E-state index is 11.8. The molecule has 0 spiro atoms. The van der Waals surface area contributed by atoms with Crippen LogP contribution < -0.4 is 11.1 Å². The summed E-state index contributed by atoms with van der Waals surface area (Å²) in [5.41, 5.74) is 5.64. The first-order chi connectivity index (χ1) is 7.95. The number of nitrogens with one attached hydrogen (secondary N) is 1. The number of hydrogen-bond acceptors (Lipinski definition) is 3. The van der Waals surface area contributed by atoms with Crippen molar-refractivity contribution in [3.63, 3.8) is 0 Å². The number of amides is 1. The molecule has 0 aromatic heterocycles. The quantitative estimate of drug-likeness (QED) is 0.737. The van der Waals surface area contributed by atoms with Gasteiger partial charge in [0.2, 0.25) is 5.91 Å². The van der Waals surface area contributed by atoms with Crippen molar-refractivity contribution < 1.29 is 9.53 Å². The third-order valence-electron chi connectivity index (χ3n) is 4.18. The van der Waals surface area contributed by atoms with Crippen LogP contribution >= 0.6 is 0 Å². The molecule has 0 aromatic carbocycles. The molecule has 3 N–H and O–H groups in total. The van der Waals surface area contributed by atoms with Gasteiger partial charge in [0.25, 0.3) is 0 Å². The van der Waals surface area contributed by atoms with E-state index in [0.717, 1.165) is 12.8 Å². The van der Waals surface area contributed by atoms with Crippen molar-refractivity contribution in [3.05, 3.63) is 0 Å². The Morgan fingerprint density at radius 1 is 1.59 bits per heavy atom. The Morgan fingerprint density at radius 2 is 2.24 bits per heavy atom. The van der Waals surface area contributed by atoms with E-state index in [0.29, 0.717) is 18.9 Å². The van der Waals surface area contributed by atoms with Crippen LogP contribution in [0.2, 0.25) is 0 Å². The fourth-order valence-corrected chi connectivity index (χ4v) is 2.44. The van der Waals surface area contributed by atoms with Crippen molar-refractivity contribution in [2.45, 2.75) is 52.2 Å². The van der Waals surface area contributed by atoms with Gasteiger partial charge in [0, 0.05) is 25.0 Å². The van der Waals surface area contributed by atoms with E-state index in [1.165, 1.54) is 0 Å². The number of methoxy groups -OCH3 is 1. The topological polar surface area (TPSA) is 64.4 Å². The Morgan fingerprint density at radius 3 is 2.65 bits per heavy atom. The van der Waals surface area contributed by atoms with Crippen molar-refractivity contribution in [3.8, 4) is 0 Å². The first-order valence-corrected chi connectivity index (χ1v) is 6.47. The van der Waals surface area contributed by atoms with Crippen molar-refractivity contribution >= 4 is 5.91 Å². The van der Waals surface area contributed by atoms with Gasteiger partial charge in [-0.25, -0.2) is 0 Å². The summed E-state index contributed by atoms with van der Waals surface area (Å²) in [6.07, 6.45) is 2.66. The molecule has 0 saturated heterocycles. The van der Waals surface area contributed by atoms with E-state index >= 15 is 0 Å². The minimum absolute atomic E-state index is 0.0365. The summed E-state index contributed by atoms with van der Waals surface area (Å²) in [6.45, 7) is 6.92. The second kappa shape index (κ2) is 5.83. The largest absolute Gasteiger partial charge is 0.381 e. The summed E-state index contributed by atoms with van der Waals surface area (Å²) in [6, 6.07) is 0.232. The molecule has 1 amide bonds. The molecule has 0 aromatic rings. The highest BCUT2D eigenvalue weighted by atomic mass is 16.5. The molecule has 0 bridgehead atoms. The summed E-state index contributed by atoms with van der Waals surface area (Å²) in [7, 11) is 1.73. The van der Waals surface area contributed by atoms with E-state index in [4.69, 9.17) is 10.5 Å². The van der Waals surface area contributed by atoms with Crippen molar-refractivity contribution in [1.29, 1.82) is 0 Å². The third kappa shape index (κ3) is 3.19. The van der Waals surface area contributed by atoms with Gasteiger partial charge >= 0.3 is 0 Å². The summed E-state index contributed by atoms with van der Waals surface area (Å²) in [5.74, 6) is 0.423. The van der Waals surface area contributed by atoms with Crippen LogP contribution in [0, 0.1) is 11.3 Å². The summed E-state index contributed by atoms with van der Waals surface area (Å²) < 4.78 is 5.37. The average Bonchev–Trinajstić information content (AvgIpc) is 2.30. The molecule has 100 valence electrons. The van der Waals surface area contributed by atoms with Gasteiger partial charge in [-0.15, -0.1) is 0 Å². The fourth-order valence-electron chi connectivity index (χ4n) is 2.44. The zero-order valence-electron chi connectivity index (χ0n) is 11.5. The number of rotatable bonds is 6. The molecule has 4 nitrogen and oxygen atoms in total. The predicted molar refractivity (Wildman–Crippen MR) is 68.6 cm³/mol.